The number of benzene rings is 1. The molecule has 3 nitrogen and oxygen atoms in total. The number of imide groups is 1. The maximum Gasteiger partial charge on any atom is 0.234 e. The molecule has 1 aromatic rings. The number of carbonyl (C=O) groups excluding carboxylic acids is 2. The van der Waals surface area contributed by atoms with Gasteiger partial charge in [0.15, 0.2) is 0 Å². The summed E-state index contributed by atoms with van der Waals surface area (Å²) in [4.78, 5) is 27.7. The Hall–Kier alpha value is -2.16. The van der Waals surface area contributed by atoms with E-state index in [4.69, 9.17) is 0 Å². The lowest BCUT2D eigenvalue weighted by molar-refractivity contribution is -0.141. The monoisotopic (exact) mass is 333 g/mol. The van der Waals surface area contributed by atoms with Gasteiger partial charge in [-0.3, -0.25) is 14.5 Å². The van der Waals surface area contributed by atoms with Gasteiger partial charge in [0, 0.05) is 11.8 Å². The summed E-state index contributed by atoms with van der Waals surface area (Å²) >= 11 is 0. The molecule has 0 unspecified atom stereocenters. The second-order valence-corrected chi connectivity index (χ2v) is 7.86. The van der Waals surface area contributed by atoms with Crippen molar-refractivity contribution in [2.75, 3.05) is 0 Å². The minimum atomic E-state index is -0.143. The van der Waals surface area contributed by atoms with Gasteiger partial charge in [-0.1, -0.05) is 60.1 Å². The van der Waals surface area contributed by atoms with Crippen molar-refractivity contribution in [2.24, 2.45) is 23.7 Å². The smallest absolute Gasteiger partial charge is 0.234 e. The van der Waals surface area contributed by atoms with Gasteiger partial charge in [0.05, 0.1) is 18.4 Å². The Balaban J connectivity index is 1.45. The quantitative estimate of drug-likeness (QED) is 0.609. The highest BCUT2D eigenvalue weighted by molar-refractivity contribution is 6.07. The first-order valence-electron chi connectivity index (χ1n) is 9.55. The molecule has 1 aromatic carbocycles. The second kappa shape index (κ2) is 5.69. The van der Waals surface area contributed by atoms with Crippen molar-refractivity contribution in [3.8, 4) is 0 Å². The molecule has 0 N–H and O–H groups in total. The Bertz CT molecular complexity index is 750. The number of nitrogens with zero attached hydrogens (tertiary/aromatic N) is 1. The second-order valence-electron chi connectivity index (χ2n) is 7.86. The summed E-state index contributed by atoms with van der Waals surface area (Å²) in [6, 6.07) is 9.84. The molecule has 3 fully saturated rings. The zero-order chi connectivity index (χ0) is 17.0. The molecule has 0 spiro atoms. The van der Waals surface area contributed by atoms with Gasteiger partial charge in [0.2, 0.25) is 11.8 Å². The standard InChI is InChI=1S/C22H23NO2/c24-21-19-16-11-12-17(18(16)15-9-5-2-6-10-15)20(19)22(25)23(21)13-14-7-3-1-4-8-14/h1,3-4,7-8,11-12,16-17,19-20H,2,5-6,9-10,13H2/t16-,17-,19+,20+/m0/s1. The molecule has 1 aliphatic heterocycles. The van der Waals surface area contributed by atoms with Gasteiger partial charge in [0.25, 0.3) is 0 Å². The number of likely N-dealkylation sites (tertiary alicyclic amines) is 1. The number of fused-ring (bicyclic) bond motifs is 5. The Morgan fingerprint density at radius 3 is 2.04 bits per heavy atom. The molecule has 4 aliphatic rings. The van der Waals surface area contributed by atoms with Crippen LogP contribution in [0.25, 0.3) is 0 Å². The fraction of sp³-hybridized carbons (Fsp3) is 0.455. The number of hydrogen-bond acceptors (Lipinski definition) is 2. The van der Waals surface area contributed by atoms with Crippen LogP contribution in [-0.4, -0.2) is 16.7 Å². The van der Waals surface area contributed by atoms with Gasteiger partial charge >= 0.3 is 0 Å². The van der Waals surface area contributed by atoms with Crippen molar-refractivity contribution in [1.82, 2.24) is 4.90 Å². The zero-order valence-corrected chi connectivity index (χ0v) is 14.4. The van der Waals surface area contributed by atoms with Crippen molar-refractivity contribution < 1.29 is 9.59 Å². The highest BCUT2D eigenvalue weighted by atomic mass is 16.2. The molecule has 3 heteroatoms. The molecule has 2 saturated carbocycles. The highest BCUT2D eigenvalue weighted by Gasteiger charge is 2.61. The number of hydrogen-bond donors (Lipinski definition) is 0. The van der Waals surface area contributed by atoms with Crippen LogP contribution in [0.3, 0.4) is 0 Å². The maximum atomic E-state index is 13.1. The number of rotatable bonds is 2. The molecule has 25 heavy (non-hydrogen) atoms. The Kier molecular flexibility index (Phi) is 3.44. The first kappa shape index (κ1) is 15.1. The lowest BCUT2D eigenvalue weighted by Crippen LogP contribution is -2.32. The zero-order valence-electron chi connectivity index (χ0n) is 14.4. The summed E-state index contributed by atoms with van der Waals surface area (Å²) in [6.07, 6.45) is 10.6. The molecule has 5 rings (SSSR count). The van der Waals surface area contributed by atoms with E-state index in [1.165, 1.54) is 42.6 Å². The van der Waals surface area contributed by atoms with Crippen LogP contribution >= 0.6 is 0 Å². The minimum absolute atomic E-state index is 0.0459. The third-order valence-electron chi connectivity index (χ3n) is 6.56. The van der Waals surface area contributed by atoms with Crippen molar-refractivity contribution in [3.05, 3.63) is 59.2 Å². The third kappa shape index (κ3) is 2.18. The normalized spacial score (nSPS) is 33.5. The molecule has 4 atom stereocenters. The largest absolute Gasteiger partial charge is 0.278 e. The van der Waals surface area contributed by atoms with Crippen LogP contribution in [0.15, 0.2) is 53.6 Å². The Morgan fingerprint density at radius 2 is 1.44 bits per heavy atom. The number of allylic oxidation sites excluding steroid dienone is 4. The number of amides is 2. The topological polar surface area (TPSA) is 37.4 Å². The summed E-state index contributed by atoms with van der Waals surface area (Å²) < 4.78 is 0. The molecule has 2 amide bonds. The van der Waals surface area contributed by atoms with Crippen LogP contribution < -0.4 is 0 Å². The minimum Gasteiger partial charge on any atom is -0.278 e. The first-order valence-corrected chi connectivity index (χ1v) is 9.55. The van der Waals surface area contributed by atoms with E-state index >= 15 is 0 Å². The van der Waals surface area contributed by atoms with E-state index < -0.39 is 0 Å². The van der Waals surface area contributed by atoms with E-state index in [1.54, 1.807) is 5.57 Å². The van der Waals surface area contributed by atoms with Crippen molar-refractivity contribution >= 4 is 11.8 Å². The van der Waals surface area contributed by atoms with E-state index in [0.29, 0.717) is 6.54 Å². The summed E-state index contributed by atoms with van der Waals surface area (Å²) in [5, 5.41) is 0. The molecule has 2 bridgehead atoms. The lowest BCUT2D eigenvalue weighted by Gasteiger charge is -2.23. The van der Waals surface area contributed by atoms with Gasteiger partial charge in [-0.2, -0.15) is 0 Å². The molecule has 0 radical (unpaired) electrons. The molecular weight excluding hydrogens is 310 g/mol. The Morgan fingerprint density at radius 1 is 0.840 bits per heavy atom. The molecular formula is C22H23NO2. The fourth-order valence-electron chi connectivity index (χ4n) is 5.49. The summed E-state index contributed by atoms with van der Waals surface area (Å²) in [6.45, 7) is 0.414. The molecule has 1 saturated heterocycles. The van der Waals surface area contributed by atoms with Crippen LogP contribution in [0.4, 0.5) is 0 Å². The van der Waals surface area contributed by atoms with Crippen molar-refractivity contribution in [2.45, 2.75) is 38.6 Å². The molecule has 0 aromatic heterocycles. The van der Waals surface area contributed by atoms with Crippen LogP contribution in [0.5, 0.6) is 0 Å². The first-order chi connectivity index (χ1) is 12.3. The predicted octanol–water partition coefficient (Wildman–Crippen LogP) is 3.86. The van der Waals surface area contributed by atoms with E-state index in [2.05, 4.69) is 12.2 Å². The molecule has 128 valence electrons. The van der Waals surface area contributed by atoms with E-state index in [9.17, 15) is 9.59 Å². The van der Waals surface area contributed by atoms with E-state index in [1.807, 2.05) is 30.3 Å². The van der Waals surface area contributed by atoms with E-state index in [0.717, 1.165) is 5.56 Å². The van der Waals surface area contributed by atoms with Gasteiger partial charge in [-0.05, 0) is 31.2 Å². The maximum absolute atomic E-state index is 13.1. The van der Waals surface area contributed by atoms with E-state index in [-0.39, 0.29) is 35.5 Å². The van der Waals surface area contributed by atoms with Crippen molar-refractivity contribution in [1.29, 1.82) is 0 Å². The van der Waals surface area contributed by atoms with Crippen LogP contribution in [-0.2, 0) is 16.1 Å². The number of carbonyl (C=O) groups is 2. The summed E-state index contributed by atoms with van der Waals surface area (Å²) in [5.74, 6) is 0.168. The van der Waals surface area contributed by atoms with Gasteiger partial charge < -0.3 is 0 Å². The van der Waals surface area contributed by atoms with Crippen LogP contribution in [0, 0.1) is 23.7 Å². The third-order valence-corrected chi connectivity index (χ3v) is 6.56. The van der Waals surface area contributed by atoms with Gasteiger partial charge in [-0.15, -0.1) is 0 Å². The van der Waals surface area contributed by atoms with Gasteiger partial charge in [-0.25, -0.2) is 0 Å². The predicted molar refractivity (Wildman–Crippen MR) is 95.2 cm³/mol. The molecule has 1 heterocycles. The fourth-order valence-corrected chi connectivity index (χ4v) is 5.49. The summed E-state index contributed by atoms with van der Waals surface area (Å²) in [5.41, 5.74) is 4.02. The van der Waals surface area contributed by atoms with Crippen molar-refractivity contribution in [3.63, 3.8) is 0 Å². The molecule has 3 aliphatic carbocycles. The SMILES string of the molecule is O=C1[C@H]2[C@H](C(=O)N1Cc1ccccc1)[C@H]1C=C[C@H]2C1=C1CCCCC1. The summed E-state index contributed by atoms with van der Waals surface area (Å²) in [7, 11) is 0. The average molecular weight is 333 g/mol. The van der Waals surface area contributed by atoms with Gasteiger partial charge in [0.1, 0.15) is 0 Å². The van der Waals surface area contributed by atoms with Crippen LogP contribution in [0.2, 0.25) is 0 Å². The van der Waals surface area contributed by atoms with Crippen LogP contribution in [0.1, 0.15) is 37.7 Å². The lowest BCUT2D eigenvalue weighted by atomic mass is 9.85. The highest BCUT2D eigenvalue weighted by Crippen LogP contribution is 2.57. The average Bonchev–Trinajstić information content (AvgIpc) is 3.29. The Labute approximate surface area is 148 Å².